The Bertz CT molecular complexity index is 494. The van der Waals surface area contributed by atoms with Crippen LogP contribution in [0.25, 0.3) is 0 Å². The van der Waals surface area contributed by atoms with Crippen LogP contribution >= 0.6 is 0 Å². The zero-order valence-corrected chi connectivity index (χ0v) is 11.8. The summed E-state index contributed by atoms with van der Waals surface area (Å²) in [4.78, 5) is 15.5. The number of ether oxygens (including phenoxy) is 2. The van der Waals surface area contributed by atoms with E-state index in [1.165, 1.54) is 12.1 Å². The molecule has 0 bridgehead atoms. The molecule has 6 heteroatoms. The average molecular weight is 294 g/mol. The fraction of sp³-hybridized carbons (Fsp3) is 0.533. The highest BCUT2D eigenvalue weighted by Gasteiger charge is 2.36. The first-order chi connectivity index (χ1) is 10.2. The van der Waals surface area contributed by atoms with Crippen molar-refractivity contribution in [2.75, 3.05) is 39.4 Å². The van der Waals surface area contributed by atoms with E-state index in [0.29, 0.717) is 19.0 Å². The van der Waals surface area contributed by atoms with Crippen molar-refractivity contribution in [3.8, 4) is 5.75 Å². The predicted molar refractivity (Wildman–Crippen MR) is 74.8 cm³/mol. The van der Waals surface area contributed by atoms with Gasteiger partial charge >= 0.3 is 6.09 Å². The van der Waals surface area contributed by atoms with Gasteiger partial charge in [0.2, 0.25) is 0 Å². The molecule has 2 aliphatic heterocycles. The van der Waals surface area contributed by atoms with Gasteiger partial charge in [-0.15, -0.1) is 0 Å². The number of rotatable bonds is 5. The highest BCUT2D eigenvalue weighted by atomic mass is 19.1. The van der Waals surface area contributed by atoms with Crippen molar-refractivity contribution in [2.24, 2.45) is 0 Å². The first kappa shape index (κ1) is 14.1. The lowest BCUT2D eigenvalue weighted by Gasteiger charge is -2.35. The second-order valence-corrected chi connectivity index (χ2v) is 5.38. The molecule has 1 aromatic carbocycles. The third kappa shape index (κ3) is 3.44. The quantitative estimate of drug-likeness (QED) is 0.776. The molecule has 114 valence electrons. The van der Waals surface area contributed by atoms with Crippen molar-refractivity contribution in [3.05, 3.63) is 30.1 Å². The first-order valence-corrected chi connectivity index (χ1v) is 7.26. The lowest BCUT2D eigenvalue weighted by atomic mass is 10.2. The number of hydrogen-bond acceptors (Lipinski definition) is 4. The second-order valence-electron chi connectivity index (χ2n) is 5.38. The van der Waals surface area contributed by atoms with Crippen LogP contribution in [0, 0.1) is 5.82 Å². The Labute approximate surface area is 123 Å². The zero-order chi connectivity index (χ0) is 14.7. The minimum Gasteiger partial charge on any atom is -0.494 e. The fourth-order valence-electron chi connectivity index (χ4n) is 2.77. The summed E-state index contributed by atoms with van der Waals surface area (Å²) >= 11 is 0. The van der Waals surface area contributed by atoms with Crippen LogP contribution < -0.4 is 4.74 Å². The number of piperazine rings is 1. The number of amides is 1. The van der Waals surface area contributed by atoms with Crippen LogP contribution in [0.4, 0.5) is 9.18 Å². The van der Waals surface area contributed by atoms with Crippen molar-refractivity contribution in [1.29, 1.82) is 0 Å². The van der Waals surface area contributed by atoms with Crippen LogP contribution in [0.3, 0.4) is 0 Å². The molecule has 0 N–H and O–H groups in total. The molecule has 2 heterocycles. The number of halogens is 1. The maximum absolute atomic E-state index is 12.8. The Kier molecular flexibility index (Phi) is 4.24. The molecule has 1 amide bonds. The van der Waals surface area contributed by atoms with Gasteiger partial charge in [0.25, 0.3) is 0 Å². The van der Waals surface area contributed by atoms with E-state index in [0.717, 1.165) is 32.6 Å². The highest BCUT2D eigenvalue weighted by molar-refractivity contribution is 5.70. The largest absolute Gasteiger partial charge is 0.494 e. The monoisotopic (exact) mass is 294 g/mol. The van der Waals surface area contributed by atoms with Crippen LogP contribution in [0.2, 0.25) is 0 Å². The molecule has 0 radical (unpaired) electrons. The number of nitrogens with zero attached hydrogens (tertiary/aromatic N) is 2. The molecule has 21 heavy (non-hydrogen) atoms. The molecular weight excluding hydrogens is 275 g/mol. The van der Waals surface area contributed by atoms with E-state index in [-0.39, 0.29) is 18.0 Å². The summed E-state index contributed by atoms with van der Waals surface area (Å²) in [5.74, 6) is 0.435. The zero-order valence-electron chi connectivity index (χ0n) is 11.8. The van der Waals surface area contributed by atoms with E-state index < -0.39 is 0 Å². The van der Waals surface area contributed by atoms with Crippen molar-refractivity contribution >= 4 is 6.09 Å². The van der Waals surface area contributed by atoms with E-state index in [9.17, 15) is 9.18 Å². The highest BCUT2D eigenvalue weighted by Crippen LogP contribution is 2.18. The van der Waals surface area contributed by atoms with Gasteiger partial charge in [-0.2, -0.15) is 0 Å². The Morgan fingerprint density at radius 1 is 1.29 bits per heavy atom. The summed E-state index contributed by atoms with van der Waals surface area (Å²) in [6.45, 7) is 4.51. The van der Waals surface area contributed by atoms with Crippen LogP contribution in [0.1, 0.15) is 6.42 Å². The molecule has 5 nitrogen and oxygen atoms in total. The number of benzene rings is 1. The van der Waals surface area contributed by atoms with Crippen LogP contribution in [0.5, 0.6) is 5.75 Å². The molecule has 0 spiro atoms. The fourth-order valence-corrected chi connectivity index (χ4v) is 2.77. The third-order valence-electron chi connectivity index (χ3n) is 3.90. The van der Waals surface area contributed by atoms with Crippen LogP contribution in [-0.4, -0.2) is 61.3 Å². The van der Waals surface area contributed by atoms with Gasteiger partial charge < -0.3 is 9.47 Å². The molecule has 0 aromatic heterocycles. The summed E-state index contributed by atoms with van der Waals surface area (Å²) < 4.78 is 23.4. The van der Waals surface area contributed by atoms with Gasteiger partial charge in [0, 0.05) is 26.2 Å². The Hall–Kier alpha value is -1.82. The van der Waals surface area contributed by atoms with E-state index in [2.05, 4.69) is 4.90 Å². The van der Waals surface area contributed by atoms with Gasteiger partial charge in [0.1, 0.15) is 18.2 Å². The Balaban J connectivity index is 1.36. The molecule has 2 aliphatic rings. The van der Waals surface area contributed by atoms with Crippen molar-refractivity contribution in [1.82, 2.24) is 9.80 Å². The minimum absolute atomic E-state index is 0.181. The molecule has 1 unspecified atom stereocenters. The molecule has 2 fully saturated rings. The van der Waals surface area contributed by atoms with Crippen molar-refractivity contribution < 1.29 is 18.7 Å². The van der Waals surface area contributed by atoms with E-state index in [4.69, 9.17) is 9.47 Å². The number of cyclic esters (lactones) is 1. The van der Waals surface area contributed by atoms with Crippen LogP contribution in [0.15, 0.2) is 24.3 Å². The summed E-state index contributed by atoms with van der Waals surface area (Å²) in [5.41, 5.74) is 0. The lowest BCUT2D eigenvalue weighted by Crippen LogP contribution is -2.52. The van der Waals surface area contributed by atoms with Crippen molar-refractivity contribution in [3.63, 3.8) is 0 Å². The van der Waals surface area contributed by atoms with E-state index >= 15 is 0 Å². The topological polar surface area (TPSA) is 42.0 Å². The third-order valence-corrected chi connectivity index (χ3v) is 3.90. The van der Waals surface area contributed by atoms with Gasteiger partial charge in [-0.1, -0.05) is 0 Å². The standard InChI is InChI=1S/C15H19FN2O3/c16-12-2-4-14(5-3-12)20-9-1-6-17-7-8-18-13(10-17)11-21-15(18)19/h2-5,13H,1,6-11H2. The molecule has 0 saturated carbocycles. The second kappa shape index (κ2) is 6.30. The summed E-state index contributed by atoms with van der Waals surface area (Å²) in [6.07, 6.45) is 0.720. The Morgan fingerprint density at radius 3 is 2.90 bits per heavy atom. The summed E-state index contributed by atoms with van der Waals surface area (Å²) in [6, 6.07) is 6.26. The SMILES string of the molecule is O=C1OCC2CN(CCCOc3ccc(F)cc3)CCN12. The average Bonchev–Trinajstić information content (AvgIpc) is 2.86. The molecule has 2 saturated heterocycles. The molecule has 1 atom stereocenters. The Morgan fingerprint density at radius 2 is 2.10 bits per heavy atom. The van der Waals surface area contributed by atoms with E-state index in [1.54, 1.807) is 12.1 Å². The number of hydrogen-bond donors (Lipinski definition) is 0. The first-order valence-electron chi connectivity index (χ1n) is 7.26. The molecule has 1 aromatic rings. The summed E-state index contributed by atoms with van der Waals surface area (Å²) in [5, 5.41) is 0. The van der Waals surface area contributed by atoms with Gasteiger partial charge in [0.05, 0.1) is 12.6 Å². The van der Waals surface area contributed by atoms with Gasteiger partial charge in [-0.3, -0.25) is 9.80 Å². The lowest BCUT2D eigenvalue weighted by molar-refractivity contribution is 0.115. The van der Waals surface area contributed by atoms with Gasteiger partial charge in [-0.25, -0.2) is 9.18 Å². The maximum atomic E-state index is 12.8. The minimum atomic E-state index is -0.256. The molecule has 3 rings (SSSR count). The smallest absolute Gasteiger partial charge is 0.410 e. The molecule has 0 aliphatic carbocycles. The summed E-state index contributed by atoms with van der Waals surface area (Å²) in [7, 11) is 0. The number of carbonyl (C=O) groups excluding carboxylic acids is 1. The number of carbonyl (C=O) groups is 1. The van der Waals surface area contributed by atoms with Gasteiger partial charge in [-0.05, 0) is 30.7 Å². The predicted octanol–water partition coefficient (Wildman–Crippen LogP) is 1.73. The van der Waals surface area contributed by atoms with Crippen LogP contribution in [-0.2, 0) is 4.74 Å². The normalized spacial score (nSPS) is 22.0. The van der Waals surface area contributed by atoms with Gasteiger partial charge in [0.15, 0.2) is 0 Å². The van der Waals surface area contributed by atoms with Crippen molar-refractivity contribution in [2.45, 2.75) is 12.5 Å². The number of fused-ring (bicyclic) bond motifs is 1. The maximum Gasteiger partial charge on any atom is 0.410 e. The molecular formula is C15H19FN2O3. The van der Waals surface area contributed by atoms with E-state index in [1.807, 2.05) is 4.90 Å².